The minimum atomic E-state index is -3.40. The number of rotatable bonds is 11. The van der Waals surface area contributed by atoms with Crippen molar-refractivity contribution in [1.29, 1.82) is 0 Å². The number of benzene rings is 1. The van der Waals surface area contributed by atoms with Gasteiger partial charge >= 0.3 is 9.05 Å². The van der Waals surface area contributed by atoms with E-state index in [1.54, 1.807) is 14.2 Å². The molecule has 0 radical (unpaired) electrons. The Labute approximate surface area is 158 Å². The predicted molar refractivity (Wildman–Crippen MR) is 109 cm³/mol. The molecule has 0 aliphatic carbocycles. The van der Waals surface area contributed by atoms with Crippen molar-refractivity contribution in [2.45, 2.75) is 45.3 Å². The quantitative estimate of drug-likeness (QED) is 0.405. The molecule has 0 aliphatic heterocycles. The maximum atomic E-state index is 6.37. The molecule has 0 heterocycles. The van der Waals surface area contributed by atoms with Gasteiger partial charge in [-0.1, -0.05) is 30.3 Å². The van der Waals surface area contributed by atoms with E-state index >= 15 is 0 Å². The lowest BCUT2D eigenvalue weighted by atomic mass is 10.2. The molecule has 10 heteroatoms. The van der Waals surface area contributed by atoms with Crippen LogP contribution in [0.2, 0.25) is 39.3 Å². The van der Waals surface area contributed by atoms with Crippen LogP contribution in [-0.4, -0.2) is 50.4 Å². The summed E-state index contributed by atoms with van der Waals surface area (Å²) in [5.74, 6) is -1.36. The summed E-state index contributed by atoms with van der Waals surface area (Å²) in [5, 5.41) is 0. The molecule has 0 saturated heterocycles. The van der Waals surface area contributed by atoms with E-state index in [9.17, 15) is 0 Å². The van der Waals surface area contributed by atoms with Crippen LogP contribution in [0.1, 0.15) is 5.56 Å². The number of hydrogen-bond acceptors (Lipinski definition) is 6. The summed E-state index contributed by atoms with van der Waals surface area (Å²) in [6, 6.07) is 9.69. The second-order valence-corrected chi connectivity index (χ2v) is 16.2. The molecule has 0 N–H and O–H groups in total. The van der Waals surface area contributed by atoms with Gasteiger partial charge in [-0.05, 0) is 39.3 Å². The Kier molecular flexibility index (Phi) is 9.39. The first kappa shape index (κ1) is 22.9. The largest absolute Gasteiger partial charge is 0.672 e. The van der Waals surface area contributed by atoms with E-state index in [-0.39, 0.29) is 0 Å². The van der Waals surface area contributed by atoms with Gasteiger partial charge < -0.3 is 21.8 Å². The fourth-order valence-electron chi connectivity index (χ4n) is 2.27. The summed E-state index contributed by atoms with van der Waals surface area (Å²) in [5.41, 5.74) is 0.789. The maximum absolute atomic E-state index is 6.37. The van der Waals surface area contributed by atoms with Crippen molar-refractivity contribution in [3.63, 3.8) is 0 Å². The fourth-order valence-corrected chi connectivity index (χ4v) is 8.45. The van der Waals surface area contributed by atoms with Crippen molar-refractivity contribution in [1.82, 2.24) is 0 Å². The molecule has 0 aliphatic rings. The van der Waals surface area contributed by atoms with Gasteiger partial charge in [-0.25, -0.2) is 0 Å². The van der Waals surface area contributed by atoms with E-state index < -0.39 is 42.1 Å². The van der Waals surface area contributed by atoms with E-state index in [4.69, 9.17) is 26.2 Å². The molecule has 25 heavy (non-hydrogen) atoms. The fraction of sp³-hybridized carbons (Fsp3) is 0.600. The third kappa shape index (κ3) is 6.82. The highest BCUT2D eigenvalue weighted by Gasteiger charge is 2.54. The standard InChI is InChI=1S/C15H32O6Si4/c1-16-25(17-2,21-24(7)8)20-15(18-22(3)4,19-23(5)6)14-12-10-9-11-13-14/h9-13,22-24H,1-8H3. The van der Waals surface area contributed by atoms with Crippen LogP contribution in [0.15, 0.2) is 30.3 Å². The van der Waals surface area contributed by atoms with Crippen LogP contribution in [0.25, 0.3) is 0 Å². The highest BCUT2D eigenvalue weighted by molar-refractivity contribution is 6.66. The van der Waals surface area contributed by atoms with Crippen LogP contribution in [-0.2, 0) is 32.2 Å². The lowest BCUT2D eigenvalue weighted by Crippen LogP contribution is -2.58. The minimum absolute atomic E-state index is 0.789. The molecule has 0 fully saturated rings. The Bertz CT molecular complexity index is 486. The minimum Gasteiger partial charge on any atom is -0.397 e. The molecule has 0 atom stereocenters. The molecular weight excluding hydrogens is 389 g/mol. The zero-order valence-electron chi connectivity index (χ0n) is 16.6. The van der Waals surface area contributed by atoms with Crippen LogP contribution < -0.4 is 0 Å². The number of hydrogen-bond donors (Lipinski definition) is 0. The smallest absolute Gasteiger partial charge is 0.397 e. The third-order valence-electron chi connectivity index (χ3n) is 3.05. The monoisotopic (exact) mass is 420 g/mol. The van der Waals surface area contributed by atoms with Crippen molar-refractivity contribution in [2.75, 3.05) is 14.2 Å². The second kappa shape index (κ2) is 10.3. The summed E-state index contributed by atoms with van der Waals surface area (Å²) in [6.45, 7) is 12.4. The summed E-state index contributed by atoms with van der Waals surface area (Å²) in [7, 11) is -4.87. The molecule has 144 valence electrons. The Morgan fingerprint density at radius 3 is 1.60 bits per heavy atom. The SMILES string of the molecule is CO[Si](OC)(O[SiH](C)C)OC(O[SiH](C)C)(O[SiH](C)C)c1ccccc1. The van der Waals surface area contributed by atoms with E-state index in [2.05, 4.69) is 26.2 Å². The van der Waals surface area contributed by atoms with Crippen molar-refractivity contribution in [3.8, 4) is 0 Å². The molecule has 0 amide bonds. The molecule has 1 aromatic carbocycles. The van der Waals surface area contributed by atoms with Crippen LogP contribution in [0.5, 0.6) is 0 Å². The van der Waals surface area contributed by atoms with Crippen LogP contribution in [0.3, 0.4) is 0 Å². The van der Waals surface area contributed by atoms with Gasteiger partial charge in [-0.15, -0.1) is 0 Å². The molecule has 0 spiro atoms. The lowest BCUT2D eigenvalue weighted by Gasteiger charge is -2.41. The molecule has 0 bridgehead atoms. The van der Waals surface area contributed by atoms with Gasteiger partial charge in [0.05, 0.1) is 0 Å². The molecule has 1 aromatic rings. The summed E-state index contributed by atoms with van der Waals surface area (Å²) >= 11 is 0. The van der Waals surface area contributed by atoms with Gasteiger partial charge in [-0.3, -0.25) is 4.43 Å². The van der Waals surface area contributed by atoms with Gasteiger partial charge in [0.15, 0.2) is 27.1 Å². The van der Waals surface area contributed by atoms with E-state index in [1.807, 2.05) is 43.4 Å². The predicted octanol–water partition coefficient (Wildman–Crippen LogP) is 2.54. The molecule has 0 saturated carbocycles. The van der Waals surface area contributed by atoms with Crippen molar-refractivity contribution in [2.24, 2.45) is 0 Å². The first-order valence-corrected chi connectivity index (χ1v) is 18.6. The van der Waals surface area contributed by atoms with Gasteiger partial charge in [0.2, 0.25) is 0 Å². The van der Waals surface area contributed by atoms with E-state index in [0.717, 1.165) is 5.56 Å². The summed E-state index contributed by atoms with van der Waals surface area (Å²) in [4.78, 5) is 0. The van der Waals surface area contributed by atoms with Crippen molar-refractivity contribution < 1.29 is 26.2 Å². The summed E-state index contributed by atoms with van der Waals surface area (Å²) < 4.78 is 36.3. The third-order valence-corrected chi connectivity index (χ3v) is 9.17. The molecule has 1 rings (SSSR count). The highest BCUT2D eigenvalue weighted by atomic mass is 28.4. The molecule has 0 unspecified atom stereocenters. The van der Waals surface area contributed by atoms with E-state index in [1.165, 1.54) is 0 Å². The normalized spacial score (nSPS) is 13.2. The average molecular weight is 421 g/mol. The topological polar surface area (TPSA) is 55.4 Å². The Hall–Kier alpha value is -0.152. The van der Waals surface area contributed by atoms with Crippen molar-refractivity contribution in [3.05, 3.63) is 35.9 Å². The van der Waals surface area contributed by atoms with E-state index in [0.29, 0.717) is 0 Å². The molecule has 0 aromatic heterocycles. The van der Waals surface area contributed by atoms with Gasteiger partial charge in [0.1, 0.15) is 0 Å². The first-order valence-electron chi connectivity index (χ1n) is 8.58. The molecular formula is C15H32O6Si4. The Morgan fingerprint density at radius 1 is 0.760 bits per heavy atom. The molecule has 6 nitrogen and oxygen atoms in total. The van der Waals surface area contributed by atoms with Crippen molar-refractivity contribution >= 4 is 36.2 Å². The second-order valence-electron chi connectivity index (χ2n) is 6.43. The van der Waals surface area contributed by atoms with Crippen LogP contribution >= 0.6 is 0 Å². The lowest BCUT2D eigenvalue weighted by molar-refractivity contribution is -0.300. The van der Waals surface area contributed by atoms with Gasteiger partial charge in [-0.2, -0.15) is 0 Å². The maximum Gasteiger partial charge on any atom is 0.672 e. The Balaban J connectivity index is 3.40. The Morgan fingerprint density at radius 2 is 1.24 bits per heavy atom. The zero-order valence-corrected chi connectivity index (χ0v) is 21.0. The highest BCUT2D eigenvalue weighted by Crippen LogP contribution is 2.35. The summed E-state index contributed by atoms with van der Waals surface area (Å²) in [6.07, 6.45) is 0. The van der Waals surface area contributed by atoms with Crippen LogP contribution in [0, 0.1) is 0 Å². The van der Waals surface area contributed by atoms with Crippen LogP contribution in [0.4, 0.5) is 0 Å². The first-order chi connectivity index (χ1) is 11.7. The van der Waals surface area contributed by atoms with Gasteiger partial charge in [0, 0.05) is 19.8 Å². The van der Waals surface area contributed by atoms with Gasteiger partial charge in [0.25, 0.3) is 5.97 Å². The average Bonchev–Trinajstić information content (AvgIpc) is 2.53. The zero-order chi connectivity index (χ0) is 19.1.